The van der Waals surface area contributed by atoms with Crippen molar-refractivity contribution in [3.8, 4) is 11.5 Å². The van der Waals surface area contributed by atoms with Crippen LogP contribution in [0.1, 0.15) is 37.2 Å². The highest BCUT2D eigenvalue weighted by Crippen LogP contribution is 2.30. The van der Waals surface area contributed by atoms with Crippen LogP contribution < -0.4 is 10.1 Å². The SMILES string of the molecule is C[C@H](N[C@H](C)c1ccccc1Oc1ccccc1)c1cnccn1. The normalized spacial score (nSPS) is 13.2. The maximum atomic E-state index is 6.05. The third kappa shape index (κ3) is 3.97. The Morgan fingerprint density at radius 1 is 0.875 bits per heavy atom. The van der Waals surface area contributed by atoms with Crippen molar-refractivity contribution in [2.45, 2.75) is 25.9 Å². The predicted octanol–water partition coefficient (Wildman–Crippen LogP) is 4.68. The third-order valence-corrected chi connectivity index (χ3v) is 3.88. The van der Waals surface area contributed by atoms with E-state index in [9.17, 15) is 0 Å². The van der Waals surface area contributed by atoms with Crippen LogP contribution in [0.2, 0.25) is 0 Å². The molecule has 3 aromatic rings. The van der Waals surface area contributed by atoms with Gasteiger partial charge in [-0.15, -0.1) is 0 Å². The standard InChI is InChI=1S/C20H21N3O/c1-15(23-16(2)19-14-21-12-13-22-19)18-10-6-7-11-20(18)24-17-8-4-3-5-9-17/h3-16,23H,1-2H3/t15-,16+/m1/s1. The van der Waals surface area contributed by atoms with E-state index in [4.69, 9.17) is 4.74 Å². The maximum absolute atomic E-state index is 6.05. The number of hydrogen-bond donors (Lipinski definition) is 1. The molecule has 122 valence electrons. The summed E-state index contributed by atoms with van der Waals surface area (Å²) < 4.78 is 6.05. The largest absolute Gasteiger partial charge is 0.457 e. The van der Waals surface area contributed by atoms with E-state index in [1.807, 2.05) is 48.5 Å². The molecule has 4 nitrogen and oxygen atoms in total. The van der Waals surface area contributed by atoms with Gasteiger partial charge in [0.2, 0.25) is 0 Å². The zero-order valence-corrected chi connectivity index (χ0v) is 13.9. The summed E-state index contributed by atoms with van der Waals surface area (Å²) in [7, 11) is 0. The first-order valence-electron chi connectivity index (χ1n) is 8.08. The Morgan fingerprint density at radius 3 is 2.38 bits per heavy atom. The molecule has 0 saturated carbocycles. The second kappa shape index (κ2) is 7.70. The van der Waals surface area contributed by atoms with E-state index in [1.54, 1.807) is 18.6 Å². The Hall–Kier alpha value is -2.72. The molecule has 24 heavy (non-hydrogen) atoms. The van der Waals surface area contributed by atoms with Gasteiger partial charge in [0.1, 0.15) is 11.5 Å². The minimum absolute atomic E-state index is 0.0958. The van der Waals surface area contributed by atoms with Crippen LogP contribution in [0.25, 0.3) is 0 Å². The lowest BCUT2D eigenvalue weighted by atomic mass is 10.1. The van der Waals surface area contributed by atoms with E-state index in [0.29, 0.717) is 0 Å². The minimum Gasteiger partial charge on any atom is -0.457 e. The summed E-state index contributed by atoms with van der Waals surface area (Å²) in [5.41, 5.74) is 2.03. The molecule has 0 saturated heterocycles. The number of ether oxygens (including phenoxy) is 1. The lowest BCUT2D eigenvalue weighted by molar-refractivity contribution is 0.442. The number of rotatable bonds is 6. The van der Waals surface area contributed by atoms with Gasteiger partial charge in [-0.2, -0.15) is 0 Å². The van der Waals surface area contributed by atoms with Gasteiger partial charge in [0.05, 0.1) is 5.69 Å². The molecule has 2 aromatic carbocycles. The van der Waals surface area contributed by atoms with E-state index in [2.05, 4.69) is 35.2 Å². The highest BCUT2D eigenvalue weighted by molar-refractivity contribution is 5.39. The zero-order chi connectivity index (χ0) is 16.8. The molecule has 3 rings (SSSR count). The molecule has 0 spiro atoms. The molecule has 0 amide bonds. The van der Waals surface area contributed by atoms with Crippen molar-refractivity contribution in [3.63, 3.8) is 0 Å². The van der Waals surface area contributed by atoms with Gasteiger partial charge in [0, 0.05) is 36.2 Å². The monoisotopic (exact) mass is 319 g/mol. The Balaban J connectivity index is 1.76. The first-order chi connectivity index (χ1) is 11.7. The topological polar surface area (TPSA) is 47.0 Å². The number of benzene rings is 2. The van der Waals surface area contributed by atoms with Gasteiger partial charge < -0.3 is 10.1 Å². The molecule has 1 N–H and O–H groups in total. The van der Waals surface area contributed by atoms with Gasteiger partial charge in [0.15, 0.2) is 0 Å². The zero-order valence-electron chi connectivity index (χ0n) is 13.9. The van der Waals surface area contributed by atoms with Crippen molar-refractivity contribution in [1.82, 2.24) is 15.3 Å². The van der Waals surface area contributed by atoms with Crippen molar-refractivity contribution in [3.05, 3.63) is 84.4 Å². The molecule has 0 aliphatic rings. The highest BCUT2D eigenvalue weighted by atomic mass is 16.5. The van der Waals surface area contributed by atoms with Crippen LogP contribution in [-0.2, 0) is 0 Å². The molecule has 0 aliphatic carbocycles. The quantitative estimate of drug-likeness (QED) is 0.716. The van der Waals surface area contributed by atoms with Gasteiger partial charge >= 0.3 is 0 Å². The Bertz CT molecular complexity index is 762. The summed E-state index contributed by atoms with van der Waals surface area (Å²) in [6.07, 6.45) is 5.18. The summed E-state index contributed by atoms with van der Waals surface area (Å²) >= 11 is 0. The summed E-state index contributed by atoms with van der Waals surface area (Å²) in [6, 6.07) is 18.1. The highest BCUT2D eigenvalue weighted by Gasteiger charge is 2.16. The van der Waals surface area contributed by atoms with Crippen molar-refractivity contribution in [2.24, 2.45) is 0 Å². The number of nitrogens with one attached hydrogen (secondary N) is 1. The predicted molar refractivity (Wildman–Crippen MR) is 95.0 cm³/mol. The number of aromatic nitrogens is 2. The van der Waals surface area contributed by atoms with Gasteiger partial charge in [-0.25, -0.2) is 0 Å². The Labute approximate surface area is 142 Å². The maximum Gasteiger partial charge on any atom is 0.132 e. The van der Waals surface area contributed by atoms with Crippen LogP contribution >= 0.6 is 0 Å². The van der Waals surface area contributed by atoms with E-state index < -0.39 is 0 Å². The molecule has 0 bridgehead atoms. The smallest absolute Gasteiger partial charge is 0.132 e. The first-order valence-corrected chi connectivity index (χ1v) is 8.08. The van der Waals surface area contributed by atoms with Crippen molar-refractivity contribution < 1.29 is 4.74 Å². The lowest BCUT2D eigenvalue weighted by Crippen LogP contribution is -2.23. The molecule has 1 heterocycles. The fraction of sp³-hybridized carbons (Fsp3) is 0.200. The van der Waals surface area contributed by atoms with Gasteiger partial charge in [-0.05, 0) is 32.0 Å². The molecule has 0 radical (unpaired) electrons. The fourth-order valence-electron chi connectivity index (χ4n) is 2.63. The van der Waals surface area contributed by atoms with Gasteiger partial charge in [-0.3, -0.25) is 9.97 Å². The van der Waals surface area contributed by atoms with E-state index in [-0.39, 0.29) is 12.1 Å². The summed E-state index contributed by atoms with van der Waals surface area (Å²) in [5, 5.41) is 3.56. The number of nitrogens with zero attached hydrogens (tertiary/aromatic N) is 2. The first kappa shape index (κ1) is 16.1. The molecular formula is C20H21N3O. The van der Waals surface area contributed by atoms with Crippen LogP contribution in [0.5, 0.6) is 11.5 Å². The van der Waals surface area contributed by atoms with Crippen LogP contribution in [0, 0.1) is 0 Å². The summed E-state index contributed by atoms with van der Waals surface area (Å²) in [6.45, 7) is 4.21. The van der Waals surface area contributed by atoms with Crippen LogP contribution in [0.3, 0.4) is 0 Å². The molecule has 1 aromatic heterocycles. The molecule has 0 fully saturated rings. The van der Waals surface area contributed by atoms with Crippen LogP contribution in [-0.4, -0.2) is 9.97 Å². The molecule has 2 atom stereocenters. The third-order valence-electron chi connectivity index (χ3n) is 3.88. The molecular weight excluding hydrogens is 298 g/mol. The average molecular weight is 319 g/mol. The second-order valence-corrected chi connectivity index (χ2v) is 5.69. The number of para-hydroxylation sites is 2. The minimum atomic E-state index is 0.0958. The second-order valence-electron chi connectivity index (χ2n) is 5.69. The molecule has 4 heteroatoms. The Morgan fingerprint density at radius 2 is 1.62 bits per heavy atom. The molecule has 0 unspecified atom stereocenters. The van der Waals surface area contributed by atoms with Crippen molar-refractivity contribution >= 4 is 0 Å². The summed E-state index contributed by atoms with van der Waals surface area (Å²) in [5.74, 6) is 1.69. The van der Waals surface area contributed by atoms with E-state index >= 15 is 0 Å². The van der Waals surface area contributed by atoms with Crippen molar-refractivity contribution in [1.29, 1.82) is 0 Å². The van der Waals surface area contributed by atoms with Gasteiger partial charge in [-0.1, -0.05) is 36.4 Å². The number of hydrogen-bond acceptors (Lipinski definition) is 4. The average Bonchev–Trinajstić information content (AvgIpc) is 2.63. The van der Waals surface area contributed by atoms with E-state index in [1.165, 1.54) is 0 Å². The fourth-order valence-corrected chi connectivity index (χ4v) is 2.63. The van der Waals surface area contributed by atoms with Crippen LogP contribution in [0.4, 0.5) is 0 Å². The molecule has 0 aliphatic heterocycles. The van der Waals surface area contributed by atoms with Crippen LogP contribution in [0.15, 0.2) is 73.2 Å². The summed E-state index contributed by atoms with van der Waals surface area (Å²) in [4.78, 5) is 8.49. The van der Waals surface area contributed by atoms with E-state index in [0.717, 1.165) is 22.8 Å². The Kier molecular flexibility index (Phi) is 5.18. The lowest BCUT2D eigenvalue weighted by Gasteiger charge is -2.22. The van der Waals surface area contributed by atoms with Gasteiger partial charge in [0.25, 0.3) is 0 Å². The van der Waals surface area contributed by atoms with Crippen molar-refractivity contribution in [2.75, 3.05) is 0 Å².